The van der Waals surface area contributed by atoms with Gasteiger partial charge in [0.2, 0.25) is 0 Å². The summed E-state index contributed by atoms with van der Waals surface area (Å²) in [5.41, 5.74) is 5.25. The quantitative estimate of drug-likeness (QED) is 0.544. The molecule has 0 aromatic heterocycles. The fraction of sp³-hybridized carbons (Fsp3) is 0.875. The first-order chi connectivity index (χ1) is 6.87. The van der Waals surface area contributed by atoms with E-state index in [0.717, 1.165) is 0 Å². The van der Waals surface area contributed by atoms with Crippen LogP contribution in [0.1, 0.15) is 6.42 Å². The molecule has 0 aliphatic carbocycles. The maximum atomic E-state index is 11.2. The second-order valence-corrected chi connectivity index (χ2v) is 5.98. The number of carbonyl (C=O) groups is 1. The highest BCUT2D eigenvalue weighted by molar-refractivity contribution is 7.91. The van der Waals surface area contributed by atoms with Gasteiger partial charge in [0.1, 0.15) is 0 Å². The third kappa shape index (κ3) is 2.90. The van der Waals surface area contributed by atoms with Crippen LogP contribution >= 0.6 is 0 Å². The third-order valence-corrected chi connectivity index (χ3v) is 4.42. The molecule has 3 unspecified atom stereocenters. The maximum Gasteiger partial charge on any atom is 0.306 e. The Morgan fingerprint density at radius 2 is 2.07 bits per heavy atom. The van der Waals surface area contributed by atoms with E-state index in [4.69, 9.17) is 10.8 Å². The van der Waals surface area contributed by atoms with Gasteiger partial charge < -0.3 is 15.9 Å². The number of hydrogen-bond donors (Lipinski definition) is 3. The molecule has 0 radical (unpaired) electrons. The Bertz CT molecular complexity index is 339. The summed E-state index contributed by atoms with van der Waals surface area (Å²) in [7, 11) is -3.30. The van der Waals surface area contributed by atoms with E-state index in [9.17, 15) is 18.3 Å². The lowest BCUT2D eigenvalue weighted by Gasteiger charge is -2.20. The highest BCUT2D eigenvalue weighted by Crippen LogP contribution is 2.28. The molecule has 1 aliphatic rings. The summed E-state index contributed by atoms with van der Waals surface area (Å²) in [5.74, 6) is -3.29. The van der Waals surface area contributed by atoms with Crippen molar-refractivity contribution in [3.05, 3.63) is 0 Å². The van der Waals surface area contributed by atoms with Crippen molar-refractivity contribution in [2.45, 2.75) is 12.5 Å². The van der Waals surface area contributed by atoms with Gasteiger partial charge in [0.25, 0.3) is 0 Å². The van der Waals surface area contributed by atoms with Crippen LogP contribution in [0.25, 0.3) is 0 Å². The highest BCUT2D eigenvalue weighted by atomic mass is 32.2. The monoisotopic (exact) mass is 237 g/mol. The predicted octanol–water partition coefficient (Wildman–Crippen LogP) is -1.56. The lowest BCUT2D eigenvalue weighted by Crippen LogP contribution is -2.33. The van der Waals surface area contributed by atoms with Crippen LogP contribution in [-0.4, -0.2) is 48.8 Å². The molecule has 0 aromatic carbocycles. The number of nitrogens with two attached hydrogens (primary N) is 1. The lowest BCUT2D eigenvalue weighted by molar-refractivity contribution is -0.144. The minimum absolute atomic E-state index is 0.167. The summed E-state index contributed by atoms with van der Waals surface area (Å²) in [5, 5.41) is 18.4. The normalized spacial score (nSPS) is 31.3. The number of sulfone groups is 1. The summed E-state index contributed by atoms with van der Waals surface area (Å²) >= 11 is 0. The molecule has 1 heterocycles. The number of carboxylic acid groups (broad SMARTS) is 1. The van der Waals surface area contributed by atoms with E-state index in [-0.39, 0.29) is 24.5 Å². The fourth-order valence-corrected chi connectivity index (χ4v) is 3.89. The first kappa shape index (κ1) is 12.4. The van der Waals surface area contributed by atoms with Crippen molar-refractivity contribution in [3.8, 4) is 0 Å². The van der Waals surface area contributed by atoms with Crippen LogP contribution in [0.4, 0.5) is 0 Å². The Morgan fingerprint density at radius 3 is 2.40 bits per heavy atom. The largest absolute Gasteiger partial charge is 0.481 e. The van der Waals surface area contributed by atoms with Gasteiger partial charge in [0, 0.05) is 5.92 Å². The van der Waals surface area contributed by atoms with Gasteiger partial charge in [-0.3, -0.25) is 4.79 Å². The van der Waals surface area contributed by atoms with Gasteiger partial charge in [0.15, 0.2) is 9.84 Å². The Balaban J connectivity index is 2.81. The zero-order chi connectivity index (χ0) is 11.6. The Labute approximate surface area is 88.0 Å². The van der Waals surface area contributed by atoms with E-state index in [1.807, 2.05) is 0 Å². The van der Waals surface area contributed by atoms with Crippen molar-refractivity contribution >= 4 is 15.8 Å². The van der Waals surface area contributed by atoms with Gasteiger partial charge in [0.05, 0.1) is 23.5 Å². The molecule has 88 valence electrons. The highest BCUT2D eigenvalue weighted by Gasteiger charge is 2.43. The number of rotatable bonds is 4. The summed E-state index contributed by atoms with van der Waals surface area (Å²) in [6.45, 7) is 0.167. The van der Waals surface area contributed by atoms with Crippen LogP contribution in [0, 0.1) is 11.8 Å². The topological polar surface area (TPSA) is 118 Å². The molecule has 1 aliphatic heterocycles. The van der Waals surface area contributed by atoms with Gasteiger partial charge >= 0.3 is 5.97 Å². The Hall–Kier alpha value is -0.660. The van der Waals surface area contributed by atoms with Gasteiger partial charge in [-0.15, -0.1) is 0 Å². The smallest absolute Gasteiger partial charge is 0.306 e. The number of hydrogen-bond acceptors (Lipinski definition) is 5. The molecule has 0 saturated carbocycles. The molecule has 1 fully saturated rings. The summed E-state index contributed by atoms with van der Waals surface area (Å²) in [6.07, 6.45) is -0.894. The van der Waals surface area contributed by atoms with Crippen LogP contribution in [0.3, 0.4) is 0 Å². The number of aliphatic hydroxyl groups is 1. The van der Waals surface area contributed by atoms with E-state index >= 15 is 0 Å². The second-order valence-electron chi connectivity index (χ2n) is 3.83. The predicted molar refractivity (Wildman–Crippen MR) is 52.9 cm³/mol. The first-order valence-electron chi connectivity index (χ1n) is 4.68. The van der Waals surface area contributed by atoms with Crippen molar-refractivity contribution in [2.75, 3.05) is 18.1 Å². The molecule has 6 nitrogen and oxygen atoms in total. The van der Waals surface area contributed by atoms with Gasteiger partial charge in [-0.25, -0.2) is 8.42 Å². The molecule has 0 bridgehead atoms. The molecule has 4 N–H and O–H groups in total. The number of carboxylic acids is 1. The number of aliphatic hydroxyl groups excluding tert-OH is 1. The Kier molecular flexibility index (Phi) is 3.69. The first-order valence-corrected chi connectivity index (χ1v) is 6.51. The second kappa shape index (κ2) is 4.46. The molecule has 0 spiro atoms. The lowest BCUT2D eigenvalue weighted by atomic mass is 9.87. The summed E-state index contributed by atoms with van der Waals surface area (Å²) in [6, 6.07) is 0. The molecule has 3 atom stereocenters. The molecular weight excluding hydrogens is 222 g/mol. The average Bonchev–Trinajstić information content (AvgIpc) is 2.35. The van der Waals surface area contributed by atoms with E-state index in [2.05, 4.69) is 0 Å². The van der Waals surface area contributed by atoms with Crippen LogP contribution in [0.5, 0.6) is 0 Å². The van der Waals surface area contributed by atoms with Crippen LogP contribution in [-0.2, 0) is 14.6 Å². The van der Waals surface area contributed by atoms with Gasteiger partial charge in [-0.1, -0.05) is 0 Å². The van der Waals surface area contributed by atoms with Gasteiger partial charge in [-0.2, -0.15) is 0 Å². The molecule has 7 heteroatoms. The minimum Gasteiger partial charge on any atom is -0.481 e. The fourth-order valence-electron chi connectivity index (χ4n) is 1.94. The van der Waals surface area contributed by atoms with Crippen molar-refractivity contribution in [2.24, 2.45) is 17.6 Å². The van der Waals surface area contributed by atoms with Crippen molar-refractivity contribution < 1.29 is 23.4 Å². The average molecular weight is 237 g/mol. The third-order valence-electron chi connectivity index (χ3n) is 2.68. The van der Waals surface area contributed by atoms with Crippen molar-refractivity contribution in [1.82, 2.24) is 0 Å². The zero-order valence-corrected chi connectivity index (χ0v) is 8.98. The SMILES string of the molecule is NCCC(C(=O)O)C1CS(=O)(=O)CC1O. The molecular formula is C8H15NO5S. The minimum atomic E-state index is -3.30. The van der Waals surface area contributed by atoms with Crippen molar-refractivity contribution in [1.29, 1.82) is 0 Å². The van der Waals surface area contributed by atoms with Crippen LogP contribution < -0.4 is 5.73 Å². The standard InChI is InChI=1S/C8H15NO5S/c9-2-1-5(8(11)12)6-3-15(13,14)4-7(6)10/h5-7,10H,1-4,9H2,(H,11,12). The molecule has 0 aromatic rings. The zero-order valence-electron chi connectivity index (χ0n) is 8.17. The summed E-state index contributed by atoms with van der Waals surface area (Å²) < 4.78 is 22.4. The van der Waals surface area contributed by atoms with Crippen LogP contribution in [0.2, 0.25) is 0 Å². The van der Waals surface area contributed by atoms with E-state index in [1.54, 1.807) is 0 Å². The molecule has 0 amide bonds. The number of aliphatic carboxylic acids is 1. The van der Waals surface area contributed by atoms with E-state index < -0.39 is 33.7 Å². The summed E-state index contributed by atoms with van der Waals surface area (Å²) in [4.78, 5) is 10.9. The molecule has 1 saturated heterocycles. The van der Waals surface area contributed by atoms with E-state index in [1.165, 1.54) is 0 Å². The van der Waals surface area contributed by atoms with E-state index in [0.29, 0.717) is 0 Å². The molecule has 15 heavy (non-hydrogen) atoms. The van der Waals surface area contributed by atoms with Gasteiger partial charge in [-0.05, 0) is 13.0 Å². The van der Waals surface area contributed by atoms with Crippen molar-refractivity contribution in [3.63, 3.8) is 0 Å². The maximum absolute atomic E-state index is 11.2. The van der Waals surface area contributed by atoms with Crippen LogP contribution in [0.15, 0.2) is 0 Å². The Morgan fingerprint density at radius 1 is 1.47 bits per heavy atom. The molecule has 1 rings (SSSR count).